The fourth-order valence-corrected chi connectivity index (χ4v) is 3.86. The van der Waals surface area contributed by atoms with Crippen LogP contribution < -0.4 is 10.1 Å². The molecule has 1 aromatic rings. The molecule has 0 amide bonds. The largest absolute Gasteiger partial charge is 0.496 e. The predicted octanol–water partition coefficient (Wildman–Crippen LogP) is 3.97. The molecule has 2 heteroatoms. The summed E-state index contributed by atoms with van der Waals surface area (Å²) in [5, 5.41) is 3.87. The number of para-hydroxylation sites is 1. The summed E-state index contributed by atoms with van der Waals surface area (Å²) in [6.45, 7) is 9.50. The van der Waals surface area contributed by atoms with Gasteiger partial charge in [-0.2, -0.15) is 0 Å². The lowest BCUT2D eigenvalue weighted by atomic mass is 9.75. The van der Waals surface area contributed by atoms with Gasteiger partial charge in [0.25, 0.3) is 0 Å². The number of hydrogen-bond donors (Lipinski definition) is 1. The van der Waals surface area contributed by atoms with Crippen molar-refractivity contribution >= 4 is 0 Å². The first-order chi connectivity index (χ1) is 9.38. The maximum absolute atomic E-state index is 5.48. The van der Waals surface area contributed by atoms with Gasteiger partial charge in [-0.3, -0.25) is 0 Å². The summed E-state index contributed by atoms with van der Waals surface area (Å²) in [6, 6.07) is 9.79. The molecule has 110 valence electrons. The van der Waals surface area contributed by atoms with E-state index in [-0.39, 0.29) is 0 Å². The zero-order valence-electron chi connectivity index (χ0n) is 13.4. The Morgan fingerprint density at radius 2 is 1.65 bits per heavy atom. The summed E-state index contributed by atoms with van der Waals surface area (Å²) in [6.07, 6.45) is 2.48. The molecule has 2 nitrogen and oxygen atoms in total. The second-order valence-electron chi connectivity index (χ2n) is 7.65. The molecule has 0 radical (unpaired) electrons. The van der Waals surface area contributed by atoms with E-state index in [0.717, 1.165) is 5.75 Å². The summed E-state index contributed by atoms with van der Waals surface area (Å²) in [5.74, 6) is 1.71. The van der Waals surface area contributed by atoms with E-state index in [9.17, 15) is 0 Å². The van der Waals surface area contributed by atoms with Crippen LogP contribution in [-0.4, -0.2) is 19.2 Å². The van der Waals surface area contributed by atoms with Gasteiger partial charge < -0.3 is 10.1 Å². The van der Waals surface area contributed by atoms with E-state index >= 15 is 0 Å². The summed E-state index contributed by atoms with van der Waals surface area (Å²) < 4.78 is 5.48. The SMILES string of the molecule is COc1ccccc1C1CC(NC2C(C)(C)C2(C)C)C1. The van der Waals surface area contributed by atoms with Crippen LogP contribution in [0.2, 0.25) is 0 Å². The molecule has 0 bridgehead atoms. The standard InChI is InChI=1S/C18H27NO/c1-17(2)16(18(17,3)4)19-13-10-12(11-13)14-8-6-7-9-15(14)20-5/h6-9,12-13,16,19H,10-11H2,1-5H3. The first-order valence-corrected chi connectivity index (χ1v) is 7.77. The maximum Gasteiger partial charge on any atom is 0.122 e. The lowest BCUT2D eigenvalue weighted by molar-refractivity contribution is 0.269. The quantitative estimate of drug-likeness (QED) is 0.896. The van der Waals surface area contributed by atoms with E-state index in [1.54, 1.807) is 7.11 Å². The molecule has 0 aliphatic heterocycles. The van der Waals surface area contributed by atoms with E-state index in [0.29, 0.717) is 28.8 Å². The molecule has 2 aliphatic carbocycles. The summed E-state index contributed by atoms with van der Waals surface area (Å²) >= 11 is 0. The molecule has 3 rings (SSSR count). The zero-order chi connectivity index (χ0) is 14.5. The highest BCUT2D eigenvalue weighted by atomic mass is 16.5. The van der Waals surface area contributed by atoms with Gasteiger partial charge in [0.05, 0.1) is 7.11 Å². The molecule has 1 aromatic carbocycles. The van der Waals surface area contributed by atoms with Crippen molar-refractivity contribution in [1.29, 1.82) is 0 Å². The molecule has 0 unspecified atom stereocenters. The Morgan fingerprint density at radius 1 is 1.05 bits per heavy atom. The molecule has 2 aliphatic rings. The lowest BCUT2D eigenvalue weighted by Gasteiger charge is -2.37. The fraction of sp³-hybridized carbons (Fsp3) is 0.667. The van der Waals surface area contributed by atoms with Gasteiger partial charge in [0.15, 0.2) is 0 Å². The number of rotatable bonds is 4. The third-order valence-corrected chi connectivity index (χ3v) is 6.14. The van der Waals surface area contributed by atoms with Crippen LogP contribution in [0.15, 0.2) is 24.3 Å². The Balaban J connectivity index is 1.58. The average Bonchev–Trinajstić information content (AvgIpc) is 2.74. The summed E-state index contributed by atoms with van der Waals surface area (Å²) in [7, 11) is 1.77. The molecule has 0 atom stereocenters. The molecule has 1 N–H and O–H groups in total. The Kier molecular flexibility index (Phi) is 3.13. The summed E-state index contributed by atoms with van der Waals surface area (Å²) in [5.41, 5.74) is 2.24. The molecular weight excluding hydrogens is 246 g/mol. The number of benzene rings is 1. The van der Waals surface area contributed by atoms with Crippen LogP contribution in [0.5, 0.6) is 5.75 Å². The van der Waals surface area contributed by atoms with Crippen molar-refractivity contribution < 1.29 is 4.74 Å². The highest BCUT2D eigenvalue weighted by molar-refractivity contribution is 5.38. The Bertz CT molecular complexity index is 486. The summed E-state index contributed by atoms with van der Waals surface area (Å²) in [4.78, 5) is 0. The molecule has 2 fully saturated rings. The minimum Gasteiger partial charge on any atom is -0.496 e. The van der Waals surface area contributed by atoms with Gasteiger partial charge in [0.2, 0.25) is 0 Å². The molecule has 0 heterocycles. The van der Waals surface area contributed by atoms with Crippen LogP contribution in [-0.2, 0) is 0 Å². The van der Waals surface area contributed by atoms with Crippen molar-refractivity contribution in [1.82, 2.24) is 5.32 Å². The number of methoxy groups -OCH3 is 1. The van der Waals surface area contributed by atoms with E-state index in [4.69, 9.17) is 4.74 Å². The topological polar surface area (TPSA) is 21.3 Å². The fourth-order valence-electron chi connectivity index (χ4n) is 3.86. The van der Waals surface area contributed by atoms with Crippen molar-refractivity contribution in [3.63, 3.8) is 0 Å². The number of nitrogens with one attached hydrogen (secondary N) is 1. The minimum atomic E-state index is 0.433. The number of hydrogen-bond acceptors (Lipinski definition) is 2. The van der Waals surface area contributed by atoms with Crippen LogP contribution in [0, 0.1) is 10.8 Å². The van der Waals surface area contributed by atoms with E-state index < -0.39 is 0 Å². The molecule has 0 saturated heterocycles. The normalized spacial score (nSPS) is 30.6. The molecular formula is C18H27NO. The van der Waals surface area contributed by atoms with Gasteiger partial charge in [-0.25, -0.2) is 0 Å². The van der Waals surface area contributed by atoms with Crippen molar-refractivity contribution in [3.05, 3.63) is 29.8 Å². The minimum absolute atomic E-state index is 0.433. The van der Waals surface area contributed by atoms with Crippen LogP contribution in [0.3, 0.4) is 0 Å². The van der Waals surface area contributed by atoms with Gasteiger partial charge in [0, 0.05) is 12.1 Å². The van der Waals surface area contributed by atoms with Gasteiger partial charge in [-0.15, -0.1) is 0 Å². The molecule has 20 heavy (non-hydrogen) atoms. The van der Waals surface area contributed by atoms with Crippen molar-refractivity contribution in [3.8, 4) is 5.75 Å². The monoisotopic (exact) mass is 273 g/mol. The van der Waals surface area contributed by atoms with Gasteiger partial charge in [-0.1, -0.05) is 45.9 Å². The van der Waals surface area contributed by atoms with E-state index in [1.165, 1.54) is 18.4 Å². The third-order valence-electron chi connectivity index (χ3n) is 6.14. The van der Waals surface area contributed by atoms with Crippen LogP contribution >= 0.6 is 0 Å². The second kappa shape index (κ2) is 4.49. The van der Waals surface area contributed by atoms with Crippen molar-refractivity contribution in [2.75, 3.05) is 7.11 Å². The Hall–Kier alpha value is -1.02. The van der Waals surface area contributed by atoms with E-state index in [1.807, 2.05) is 6.07 Å². The van der Waals surface area contributed by atoms with Crippen molar-refractivity contribution in [2.24, 2.45) is 10.8 Å². The molecule has 0 aromatic heterocycles. The average molecular weight is 273 g/mol. The van der Waals surface area contributed by atoms with Gasteiger partial charge in [0.1, 0.15) is 5.75 Å². The molecule has 0 spiro atoms. The van der Waals surface area contributed by atoms with Crippen molar-refractivity contribution in [2.45, 2.75) is 58.5 Å². The Labute approximate surface area is 122 Å². The van der Waals surface area contributed by atoms with Gasteiger partial charge in [-0.05, 0) is 41.2 Å². The number of ether oxygens (including phenoxy) is 1. The second-order valence-corrected chi connectivity index (χ2v) is 7.65. The Morgan fingerprint density at radius 3 is 2.20 bits per heavy atom. The highest BCUT2D eigenvalue weighted by Crippen LogP contribution is 2.63. The molecule has 2 saturated carbocycles. The first-order valence-electron chi connectivity index (χ1n) is 7.77. The highest BCUT2D eigenvalue weighted by Gasteiger charge is 2.65. The maximum atomic E-state index is 5.48. The zero-order valence-corrected chi connectivity index (χ0v) is 13.4. The van der Waals surface area contributed by atoms with Crippen LogP contribution in [0.4, 0.5) is 0 Å². The van der Waals surface area contributed by atoms with Crippen LogP contribution in [0.25, 0.3) is 0 Å². The third kappa shape index (κ3) is 1.96. The lowest BCUT2D eigenvalue weighted by Crippen LogP contribution is -2.43. The van der Waals surface area contributed by atoms with Crippen LogP contribution in [0.1, 0.15) is 52.0 Å². The predicted molar refractivity (Wildman–Crippen MR) is 83.2 cm³/mol. The first kappa shape index (κ1) is 13.9. The smallest absolute Gasteiger partial charge is 0.122 e. The van der Waals surface area contributed by atoms with Gasteiger partial charge >= 0.3 is 0 Å². The van der Waals surface area contributed by atoms with E-state index in [2.05, 4.69) is 51.2 Å².